The maximum Gasteiger partial charge on any atom is 0.435 e. The Labute approximate surface area is 257 Å². The molecule has 0 saturated carbocycles. The van der Waals surface area contributed by atoms with Gasteiger partial charge in [0.15, 0.2) is 5.82 Å². The van der Waals surface area contributed by atoms with Crippen molar-refractivity contribution in [3.05, 3.63) is 70.8 Å². The van der Waals surface area contributed by atoms with E-state index in [1.54, 1.807) is 40.7 Å². The summed E-state index contributed by atoms with van der Waals surface area (Å²) in [6.07, 6.45) is -5.60. The maximum absolute atomic E-state index is 15.1. The minimum atomic E-state index is -4.73. The zero-order valence-corrected chi connectivity index (χ0v) is 25.8. The molecule has 0 unspecified atom stereocenters. The number of halogens is 4. The van der Waals surface area contributed by atoms with Gasteiger partial charge in [0.1, 0.15) is 17.2 Å². The molecule has 242 valence electrons. The van der Waals surface area contributed by atoms with Crippen LogP contribution in [0.5, 0.6) is 0 Å². The molecule has 4 rings (SSSR count). The van der Waals surface area contributed by atoms with Gasteiger partial charge in [0, 0.05) is 30.8 Å². The molecule has 0 aliphatic carbocycles. The van der Waals surface area contributed by atoms with Gasteiger partial charge in [0.2, 0.25) is 0 Å². The maximum atomic E-state index is 15.1. The van der Waals surface area contributed by atoms with E-state index in [0.29, 0.717) is 5.69 Å². The summed E-state index contributed by atoms with van der Waals surface area (Å²) in [6.45, 7) is 8.39. The van der Waals surface area contributed by atoms with Crippen LogP contribution in [0.1, 0.15) is 67.8 Å². The molecular formula is C31H35F4N5O5. The van der Waals surface area contributed by atoms with Crippen LogP contribution in [0.25, 0.3) is 0 Å². The topological polar surface area (TPSA) is 116 Å². The Morgan fingerprint density at radius 2 is 1.78 bits per heavy atom. The quantitative estimate of drug-likeness (QED) is 0.249. The largest absolute Gasteiger partial charge is 0.469 e. The van der Waals surface area contributed by atoms with Crippen molar-refractivity contribution in [3.8, 4) is 0 Å². The number of piperidine rings is 1. The number of hydrogen-bond donors (Lipinski definition) is 1. The smallest absolute Gasteiger partial charge is 0.435 e. The van der Waals surface area contributed by atoms with Gasteiger partial charge in [-0.15, -0.1) is 5.10 Å². The second kappa shape index (κ2) is 12.5. The van der Waals surface area contributed by atoms with Gasteiger partial charge in [-0.1, -0.05) is 12.1 Å². The van der Waals surface area contributed by atoms with Crippen LogP contribution < -0.4 is 5.32 Å². The number of rotatable bonds is 6. The average molecular weight is 634 g/mol. The molecule has 2 atom stereocenters. The minimum Gasteiger partial charge on any atom is -0.469 e. The van der Waals surface area contributed by atoms with Crippen LogP contribution in [0.3, 0.4) is 0 Å². The summed E-state index contributed by atoms with van der Waals surface area (Å²) in [5.41, 5.74) is -3.17. The van der Waals surface area contributed by atoms with E-state index in [-0.39, 0.29) is 43.1 Å². The second-order valence-corrected chi connectivity index (χ2v) is 12.1. The van der Waals surface area contributed by atoms with E-state index in [2.05, 4.69) is 15.4 Å². The molecule has 0 spiro atoms. The lowest BCUT2D eigenvalue weighted by molar-refractivity contribution is -0.156. The number of aromatic nitrogens is 3. The summed E-state index contributed by atoms with van der Waals surface area (Å²) in [5.74, 6) is -1.73. The summed E-state index contributed by atoms with van der Waals surface area (Å²) in [4.78, 5) is 44.6. The third-order valence-electron chi connectivity index (χ3n) is 7.53. The first-order valence-electron chi connectivity index (χ1n) is 14.2. The fraction of sp³-hybridized carbons (Fsp3) is 0.452. The number of carbonyl (C=O) groups excluding carboxylic acids is 3. The number of likely N-dealkylation sites (tertiary alicyclic amines) is 1. The van der Waals surface area contributed by atoms with Crippen LogP contribution in [0, 0.1) is 18.2 Å². The van der Waals surface area contributed by atoms with Crippen molar-refractivity contribution in [1.82, 2.24) is 19.7 Å². The monoisotopic (exact) mass is 633 g/mol. The molecule has 0 bridgehead atoms. The average Bonchev–Trinajstić information content (AvgIpc) is 3.32. The number of methoxy groups -OCH3 is 1. The molecule has 1 aromatic carbocycles. The van der Waals surface area contributed by atoms with Gasteiger partial charge in [-0.05, 0) is 71.7 Å². The Morgan fingerprint density at radius 3 is 2.40 bits per heavy atom. The molecular weight excluding hydrogens is 598 g/mol. The van der Waals surface area contributed by atoms with Gasteiger partial charge >= 0.3 is 18.2 Å². The molecule has 45 heavy (non-hydrogen) atoms. The minimum absolute atomic E-state index is 0.00212. The van der Waals surface area contributed by atoms with Gasteiger partial charge in [-0.3, -0.25) is 9.59 Å². The van der Waals surface area contributed by atoms with Crippen molar-refractivity contribution in [2.75, 3.05) is 19.0 Å². The molecule has 1 aliphatic heterocycles. The van der Waals surface area contributed by atoms with Crippen LogP contribution in [0.4, 0.5) is 34.0 Å². The second-order valence-electron chi connectivity index (χ2n) is 12.1. The molecule has 10 nitrogen and oxygen atoms in total. The highest BCUT2D eigenvalue weighted by molar-refractivity contribution is 5.96. The summed E-state index contributed by atoms with van der Waals surface area (Å²) in [5, 5.41) is 7.14. The zero-order chi connectivity index (χ0) is 33.3. The molecule has 2 aromatic heterocycles. The van der Waals surface area contributed by atoms with Crippen LogP contribution >= 0.6 is 0 Å². The Bertz CT molecular complexity index is 1600. The molecule has 1 N–H and O–H groups in total. The van der Waals surface area contributed by atoms with E-state index in [9.17, 15) is 27.6 Å². The highest BCUT2D eigenvalue weighted by Crippen LogP contribution is 2.41. The van der Waals surface area contributed by atoms with Crippen molar-refractivity contribution >= 4 is 29.6 Å². The van der Waals surface area contributed by atoms with Gasteiger partial charge in [-0.2, -0.15) is 17.9 Å². The standard InChI is InChI=1S/C31H35F4N5O5/c1-18-15-25(38-40(18)28(43)45-29(3,4)5)37-24-12-11-22(32)23(36-24)17-30(27(42)44-6)13-14-39(19(2)16-30)26(41)20-9-7-8-10-21(20)31(33,34)35/h7-12,15,19H,13-14,16-17H2,1-6H3,(H,36,37,38)/t19-,30-/m1/s1. The van der Waals surface area contributed by atoms with E-state index in [1.807, 2.05) is 0 Å². The lowest BCUT2D eigenvalue weighted by atomic mass is 9.72. The van der Waals surface area contributed by atoms with Gasteiger partial charge in [0.25, 0.3) is 5.91 Å². The number of benzene rings is 1. The Balaban J connectivity index is 1.56. The van der Waals surface area contributed by atoms with E-state index >= 15 is 4.39 Å². The third kappa shape index (κ3) is 7.43. The molecule has 14 heteroatoms. The number of amides is 1. The number of alkyl halides is 3. The Hall–Kier alpha value is -4.49. The van der Waals surface area contributed by atoms with Crippen molar-refractivity contribution < 1.29 is 41.4 Å². The highest BCUT2D eigenvalue weighted by atomic mass is 19.4. The Morgan fingerprint density at radius 1 is 1.09 bits per heavy atom. The first-order chi connectivity index (χ1) is 20.9. The molecule has 1 amide bonds. The van der Waals surface area contributed by atoms with Gasteiger partial charge in [-0.25, -0.2) is 14.2 Å². The van der Waals surface area contributed by atoms with E-state index in [0.717, 1.165) is 16.8 Å². The van der Waals surface area contributed by atoms with Gasteiger partial charge < -0.3 is 19.7 Å². The number of nitrogens with zero attached hydrogens (tertiary/aromatic N) is 4. The fourth-order valence-electron chi connectivity index (χ4n) is 5.50. The summed E-state index contributed by atoms with van der Waals surface area (Å²) >= 11 is 0. The summed E-state index contributed by atoms with van der Waals surface area (Å²) < 4.78 is 67.5. The number of esters is 1. The Kier molecular flexibility index (Phi) is 9.27. The van der Waals surface area contributed by atoms with Crippen molar-refractivity contribution in [2.24, 2.45) is 5.41 Å². The van der Waals surface area contributed by atoms with Crippen molar-refractivity contribution in [1.29, 1.82) is 0 Å². The number of pyridine rings is 1. The number of anilines is 2. The first-order valence-corrected chi connectivity index (χ1v) is 14.2. The zero-order valence-electron chi connectivity index (χ0n) is 25.8. The lowest BCUT2D eigenvalue weighted by Gasteiger charge is -2.44. The van der Waals surface area contributed by atoms with Crippen LogP contribution in [0.2, 0.25) is 0 Å². The van der Waals surface area contributed by atoms with Crippen LogP contribution in [-0.4, -0.2) is 62.9 Å². The molecule has 0 radical (unpaired) electrons. The van der Waals surface area contributed by atoms with E-state index in [4.69, 9.17) is 9.47 Å². The summed E-state index contributed by atoms with van der Waals surface area (Å²) in [6, 6.07) is 7.96. The number of aryl methyl sites for hydroxylation is 1. The van der Waals surface area contributed by atoms with Crippen LogP contribution in [0.15, 0.2) is 42.5 Å². The van der Waals surface area contributed by atoms with Crippen LogP contribution in [-0.2, 0) is 26.9 Å². The lowest BCUT2D eigenvalue weighted by Crippen LogP contribution is -2.52. The fourth-order valence-corrected chi connectivity index (χ4v) is 5.50. The van der Waals surface area contributed by atoms with E-state index < -0.39 is 58.1 Å². The molecule has 1 saturated heterocycles. The van der Waals surface area contributed by atoms with E-state index in [1.165, 1.54) is 36.3 Å². The number of hydrogen-bond acceptors (Lipinski definition) is 8. The number of carbonyl (C=O) groups is 3. The van der Waals surface area contributed by atoms with Crippen molar-refractivity contribution in [2.45, 2.75) is 71.7 Å². The predicted octanol–water partition coefficient (Wildman–Crippen LogP) is 6.30. The molecule has 1 fully saturated rings. The SMILES string of the molecule is COC(=O)[C@]1(Cc2nc(Nc3cc(C)n(C(=O)OC(C)(C)C)n3)ccc2F)CCN(C(=O)c2ccccc2C(F)(F)F)[C@H](C)C1. The molecule has 3 heterocycles. The number of nitrogens with one attached hydrogen (secondary N) is 1. The summed E-state index contributed by atoms with van der Waals surface area (Å²) in [7, 11) is 1.19. The predicted molar refractivity (Wildman–Crippen MR) is 155 cm³/mol. The third-order valence-corrected chi connectivity index (χ3v) is 7.53. The molecule has 3 aromatic rings. The number of ether oxygens (including phenoxy) is 2. The normalized spacial score (nSPS) is 18.8. The van der Waals surface area contributed by atoms with Gasteiger partial charge in [0.05, 0.1) is 29.3 Å². The van der Waals surface area contributed by atoms with Crippen molar-refractivity contribution in [3.63, 3.8) is 0 Å². The first kappa shape index (κ1) is 33.4. The molecule has 1 aliphatic rings. The highest BCUT2D eigenvalue weighted by Gasteiger charge is 2.48.